The number of rotatable bonds is 5. The van der Waals surface area contributed by atoms with Crippen LogP contribution in [-0.2, 0) is 14.9 Å². The standard InChI is InChI=1S/C20H21N3O5/c1-19(2,28-18(21)25)17(24)23-12-6-7-15(22-10-12)27-14-5-3-4-13-16(14)20(8-9-20)11-26-13/h3-7,10H,8-9,11H2,1-2H3,(H2,21,25)(H,23,24). The summed E-state index contributed by atoms with van der Waals surface area (Å²) in [4.78, 5) is 27.4. The van der Waals surface area contributed by atoms with Crippen molar-refractivity contribution in [2.24, 2.45) is 5.73 Å². The molecule has 2 aliphatic rings. The third-order valence-electron chi connectivity index (χ3n) is 4.99. The highest BCUT2D eigenvalue weighted by molar-refractivity contribution is 5.97. The second kappa shape index (κ2) is 6.40. The number of benzene rings is 1. The Kier molecular flexibility index (Phi) is 4.14. The number of ether oxygens (including phenoxy) is 3. The highest BCUT2D eigenvalue weighted by atomic mass is 16.6. The van der Waals surface area contributed by atoms with Crippen LogP contribution in [0.3, 0.4) is 0 Å². The zero-order valence-corrected chi connectivity index (χ0v) is 15.7. The third-order valence-corrected chi connectivity index (χ3v) is 4.99. The molecule has 28 heavy (non-hydrogen) atoms. The van der Waals surface area contributed by atoms with E-state index in [0.29, 0.717) is 18.2 Å². The fourth-order valence-electron chi connectivity index (χ4n) is 3.28. The van der Waals surface area contributed by atoms with Crippen LogP contribution in [0.2, 0.25) is 0 Å². The molecule has 2 amide bonds. The van der Waals surface area contributed by atoms with Gasteiger partial charge in [-0.15, -0.1) is 0 Å². The van der Waals surface area contributed by atoms with Gasteiger partial charge in [-0.05, 0) is 44.9 Å². The molecule has 0 saturated heterocycles. The molecule has 1 aliphatic carbocycles. The van der Waals surface area contributed by atoms with Gasteiger partial charge in [-0.2, -0.15) is 0 Å². The molecule has 0 radical (unpaired) electrons. The van der Waals surface area contributed by atoms with Gasteiger partial charge in [0.15, 0.2) is 5.60 Å². The van der Waals surface area contributed by atoms with Gasteiger partial charge in [-0.25, -0.2) is 9.78 Å². The Morgan fingerprint density at radius 2 is 2.04 bits per heavy atom. The molecule has 4 rings (SSSR count). The maximum Gasteiger partial charge on any atom is 0.405 e. The van der Waals surface area contributed by atoms with Crippen molar-refractivity contribution in [3.63, 3.8) is 0 Å². The molecule has 8 heteroatoms. The molecule has 3 N–H and O–H groups in total. The summed E-state index contributed by atoms with van der Waals surface area (Å²) in [6.45, 7) is 3.60. The largest absolute Gasteiger partial charge is 0.492 e. The second-order valence-corrected chi connectivity index (χ2v) is 7.57. The van der Waals surface area contributed by atoms with Crippen LogP contribution in [0.1, 0.15) is 32.3 Å². The van der Waals surface area contributed by atoms with Crippen LogP contribution in [0.25, 0.3) is 0 Å². The van der Waals surface area contributed by atoms with Crippen LogP contribution in [-0.4, -0.2) is 29.2 Å². The smallest absolute Gasteiger partial charge is 0.405 e. The van der Waals surface area contributed by atoms with Gasteiger partial charge in [0.2, 0.25) is 5.88 Å². The Labute approximate surface area is 162 Å². The third kappa shape index (κ3) is 3.33. The molecule has 0 unspecified atom stereocenters. The van der Waals surface area contributed by atoms with Crippen molar-refractivity contribution in [3.05, 3.63) is 42.1 Å². The molecule has 1 aromatic heterocycles. The van der Waals surface area contributed by atoms with E-state index in [1.807, 2.05) is 18.2 Å². The molecular weight excluding hydrogens is 362 g/mol. The van der Waals surface area contributed by atoms with Gasteiger partial charge in [-0.1, -0.05) is 6.07 Å². The van der Waals surface area contributed by atoms with Crippen molar-refractivity contribution in [2.45, 2.75) is 37.7 Å². The topological polar surface area (TPSA) is 113 Å². The zero-order valence-electron chi connectivity index (χ0n) is 15.7. The number of amides is 2. The predicted octanol–water partition coefficient (Wildman–Crippen LogP) is 3.11. The highest BCUT2D eigenvalue weighted by Gasteiger charge is 2.52. The van der Waals surface area contributed by atoms with Crippen molar-refractivity contribution >= 4 is 17.7 Å². The summed E-state index contributed by atoms with van der Waals surface area (Å²) in [5.41, 5.74) is 5.23. The quantitative estimate of drug-likeness (QED) is 0.820. The number of pyridine rings is 1. The lowest BCUT2D eigenvalue weighted by Crippen LogP contribution is -2.42. The van der Waals surface area contributed by atoms with Gasteiger partial charge >= 0.3 is 6.09 Å². The van der Waals surface area contributed by atoms with E-state index in [1.165, 1.54) is 20.0 Å². The van der Waals surface area contributed by atoms with Crippen LogP contribution in [0.5, 0.6) is 17.4 Å². The van der Waals surface area contributed by atoms with Crippen LogP contribution in [0.4, 0.5) is 10.5 Å². The Balaban J connectivity index is 1.46. The number of nitrogens with zero attached hydrogens (tertiary/aromatic N) is 1. The number of carbonyl (C=O) groups excluding carboxylic acids is 2. The SMILES string of the molecule is CC(C)(OC(N)=O)C(=O)Nc1ccc(Oc2cccc3c2C2(CC2)CO3)nc1. The maximum absolute atomic E-state index is 12.2. The molecule has 1 aromatic carbocycles. The first-order chi connectivity index (χ1) is 13.3. The average Bonchev–Trinajstić information content (AvgIpc) is 3.31. The van der Waals surface area contributed by atoms with Crippen molar-refractivity contribution in [3.8, 4) is 17.4 Å². The van der Waals surface area contributed by atoms with E-state index in [4.69, 9.17) is 19.9 Å². The first kappa shape index (κ1) is 18.1. The molecule has 1 saturated carbocycles. The number of nitrogens with one attached hydrogen (secondary N) is 1. The van der Waals surface area contributed by atoms with Crippen LogP contribution in [0, 0.1) is 0 Å². The maximum atomic E-state index is 12.2. The highest BCUT2D eigenvalue weighted by Crippen LogP contribution is 2.58. The molecule has 2 heterocycles. The lowest BCUT2D eigenvalue weighted by molar-refractivity contribution is -0.130. The van der Waals surface area contributed by atoms with E-state index in [-0.39, 0.29) is 5.41 Å². The number of hydrogen-bond acceptors (Lipinski definition) is 6. The summed E-state index contributed by atoms with van der Waals surface area (Å²) in [5, 5.41) is 2.63. The number of fused-ring (bicyclic) bond motifs is 2. The van der Waals surface area contributed by atoms with Crippen LogP contribution in [0.15, 0.2) is 36.5 Å². The molecule has 146 valence electrons. The fraction of sp³-hybridized carbons (Fsp3) is 0.350. The molecule has 0 atom stereocenters. The number of aromatic nitrogens is 1. The van der Waals surface area contributed by atoms with Crippen molar-refractivity contribution in [1.82, 2.24) is 4.98 Å². The summed E-state index contributed by atoms with van der Waals surface area (Å²) >= 11 is 0. The molecule has 1 aliphatic heterocycles. The Morgan fingerprint density at radius 1 is 1.25 bits per heavy atom. The minimum absolute atomic E-state index is 0.0891. The van der Waals surface area contributed by atoms with Crippen LogP contribution >= 0.6 is 0 Å². The summed E-state index contributed by atoms with van der Waals surface area (Å²) in [5.74, 6) is 1.50. The van der Waals surface area contributed by atoms with E-state index >= 15 is 0 Å². The van der Waals surface area contributed by atoms with Gasteiger partial charge in [0.25, 0.3) is 5.91 Å². The van der Waals surface area contributed by atoms with Crippen LogP contribution < -0.4 is 20.5 Å². The normalized spacial score (nSPS) is 16.1. The van der Waals surface area contributed by atoms with Crippen molar-refractivity contribution < 1.29 is 23.8 Å². The average molecular weight is 383 g/mol. The number of hydrogen-bond donors (Lipinski definition) is 2. The monoisotopic (exact) mass is 383 g/mol. The number of primary amides is 1. The van der Waals surface area contributed by atoms with Gasteiger partial charge in [-0.3, -0.25) is 4.79 Å². The minimum atomic E-state index is -1.40. The van der Waals surface area contributed by atoms with Gasteiger partial charge in [0.05, 0.1) is 18.5 Å². The molecule has 1 spiro atoms. The molecule has 8 nitrogen and oxygen atoms in total. The van der Waals surface area contributed by atoms with Gasteiger partial charge < -0.3 is 25.3 Å². The van der Waals surface area contributed by atoms with Crippen molar-refractivity contribution in [1.29, 1.82) is 0 Å². The molecule has 0 bridgehead atoms. The van der Waals surface area contributed by atoms with E-state index < -0.39 is 17.6 Å². The van der Waals surface area contributed by atoms with E-state index in [9.17, 15) is 9.59 Å². The lowest BCUT2D eigenvalue weighted by atomic mass is 9.97. The summed E-state index contributed by atoms with van der Waals surface area (Å²) in [6, 6.07) is 9.08. The van der Waals surface area contributed by atoms with E-state index in [1.54, 1.807) is 12.1 Å². The Bertz CT molecular complexity index is 935. The van der Waals surface area contributed by atoms with Crippen molar-refractivity contribution in [2.75, 3.05) is 11.9 Å². The summed E-state index contributed by atoms with van der Waals surface area (Å²) < 4.78 is 16.6. The van der Waals surface area contributed by atoms with Gasteiger partial charge in [0, 0.05) is 17.0 Å². The minimum Gasteiger partial charge on any atom is -0.492 e. The molecular formula is C20H21N3O5. The number of carbonyl (C=O) groups is 2. The fourth-order valence-corrected chi connectivity index (χ4v) is 3.28. The van der Waals surface area contributed by atoms with Gasteiger partial charge in [0.1, 0.15) is 11.5 Å². The lowest BCUT2D eigenvalue weighted by Gasteiger charge is -2.22. The van der Waals surface area contributed by atoms with E-state index in [0.717, 1.165) is 29.9 Å². The Morgan fingerprint density at radius 3 is 2.68 bits per heavy atom. The molecule has 1 fully saturated rings. The summed E-state index contributed by atoms with van der Waals surface area (Å²) in [6.07, 6.45) is 2.65. The van der Waals surface area contributed by atoms with E-state index in [2.05, 4.69) is 10.3 Å². The summed E-state index contributed by atoms with van der Waals surface area (Å²) in [7, 11) is 0. The predicted molar refractivity (Wildman–Crippen MR) is 101 cm³/mol. The number of anilines is 1. The molecule has 2 aromatic rings. The second-order valence-electron chi connectivity index (χ2n) is 7.57. The Hall–Kier alpha value is -3.29. The first-order valence-electron chi connectivity index (χ1n) is 8.99. The zero-order chi connectivity index (χ0) is 19.9. The first-order valence-corrected chi connectivity index (χ1v) is 8.99. The number of nitrogens with two attached hydrogens (primary N) is 1.